The fraction of sp³-hybridized carbons (Fsp3) is 0.400. The quantitative estimate of drug-likeness (QED) is 0.647. The molecule has 72 valence electrons. The number of nitrogens with one attached hydrogen (secondary N) is 1. The van der Waals surface area contributed by atoms with Crippen LogP contribution in [0.2, 0.25) is 0 Å². The highest BCUT2D eigenvalue weighted by Crippen LogP contribution is 2.06. The molecule has 0 spiro atoms. The molecule has 3 heteroatoms. The predicted octanol–water partition coefficient (Wildman–Crippen LogP) is 3.16. The van der Waals surface area contributed by atoms with E-state index in [0.717, 1.165) is 11.9 Å². The van der Waals surface area contributed by atoms with E-state index in [4.69, 9.17) is 0 Å². The van der Waals surface area contributed by atoms with Crippen molar-refractivity contribution in [3.63, 3.8) is 0 Å². The minimum atomic E-state index is 0.527. The van der Waals surface area contributed by atoms with E-state index < -0.39 is 0 Å². The number of benzene rings is 1. The molecule has 1 N–H and O–H groups in total. The average molecular weight is 354 g/mol. The summed E-state index contributed by atoms with van der Waals surface area (Å²) in [7, 11) is 0. The minimum absolute atomic E-state index is 0.527. The molecule has 0 aliphatic carbocycles. The molecule has 13 heavy (non-hydrogen) atoms. The van der Waals surface area contributed by atoms with Crippen LogP contribution in [0, 0.1) is 3.57 Å². The lowest BCUT2D eigenvalue weighted by Gasteiger charge is -2.10. The zero-order valence-corrected chi connectivity index (χ0v) is 11.3. The van der Waals surface area contributed by atoms with Gasteiger partial charge >= 0.3 is 0 Å². The predicted molar refractivity (Wildman–Crippen MR) is 69.3 cm³/mol. The molecule has 0 bridgehead atoms. The van der Waals surface area contributed by atoms with E-state index in [9.17, 15) is 0 Å². The van der Waals surface area contributed by atoms with Crippen molar-refractivity contribution < 1.29 is 0 Å². The molecule has 0 fully saturated rings. The van der Waals surface area contributed by atoms with Gasteiger partial charge in [-0.05, 0) is 47.2 Å². The molecule has 1 rings (SSSR count). The summed E-state index contributed by atoms with van der Waals surface area (Å²) >= 11 is 5.75. The van der Waals surface area contributed by atoms with Gasteiger partial charge in [-0.15, -0.1) is 0 Å². The highest BCUT2D eigenvalue weighted by atomic mass is 127. The van der Waals surface area contributed by atoms with Gasteiger partial charge in [-0.1, -0.05) is 28.1 Å². The first-order chi connectivity index (χ1) is 6.22. The van der Waals surface area contributed by atoms with E-state index in [1.165, 1.54) is 9.13 Å². The number of hydrogen-bond acceptors (Lipinski definition) is 1. The van der Waals surface area contributed by atoms with Gasteiger partial charge in [0.15, 0.2) is 0 Å². The summed E-state index contributed by atoms with van der Waals surface area (Å²) in [6.07, 6.45) is 0. The zero-order valence-electron chi connectivity index (χ0n) is 7.56. The molecule has 0 aliphatic heterocycles. The maximum atomic E-state index is 3.44. The van der Waals surface area contributed by atoms with Crippen molar-refractivity contribution in [3.8, 4) is 0 Å². The summed E-state index contributed by atoms with van der Waals surface area (Å²) in [6, 6.07) is 9.12. The van der Waals surface area contributed by atoms with Crippen molar-refractivity contribution in [2.75, 3.05) is 5.33 Å². The van der Waals surface area contributed by atoms with Crippen LogP contribution in [0.4, 0.5) is 0 Å². The van der Waals surface area contributed by atoms with Gasteiger partial charge < -0.3 is 5.32 Å². The molecule has 0 aliphatic rings. The van der Waals surface area contributed by atoms with Crippen LogP contribution < -0.4 is 5.32 Å². The van der Waals surface area contributed by atoms with Crippen LogP contribution in [0.1, 0.15) is 12.5 Å². The van der Waals surface area contributed by atoms with Gasteiger partial charge in [0.25, 0.3) is 0 Å². The Labute approximate surface area is 102 Å². The summed E-state index contributed by atoms with van der Waals surface area (Å²) in [6.45, 7) is 3.12. The van der Waals surface area contributed by atoms with Gasteiger partial charge in [0.05, 0.1) is 0 Å². The Balaban J connectivity index is 2.41. The summed E-state index contributed by atoms with van der Waals surface area (Å²) < 4.78 is 1.29. The lowest BCUT2D eigenvalue weighted by Crippen LogP contribution is -2.26. The van der Waals surface area contributed by atoms with Crippen LogP contribution in [0.25, 0.3) is 0 Å². The average Bonchev–Trinajstić information content (AvgIpc) is 2.16. The van der Waals surface area contributed by atoms with E-state index in [1.54, 1.807) is 0 Å². The normalized spacial score (nSPS) is 12.8. The topological polar surface area (TPSA) is 12.0 Å². The Morgan fingerprint density at radius 3 is 2.54 bits per heavy atom. The third kappa shape index (κ3) is 4.42. The largest absolute Gasteiger partial charge is 0.309 e. The van der Waals surface area contributed by atoms with Crippen molar-refractivity contribution in [2.24, 2.45) is 0 Å². The molecule has 0 saturated carbocycles. The van der Waals surface area contributed by atoms with Gasteiger partial charge in [-0.25, -0.2) is 0 Å². The second-order valence-electron chi connectivity index (χ2n) is 3.06. The Hall–Kier alpha value is 0.390. The second kappa shape index (κ2) is 5.98. The van der Waals surface area contributed by atoms with Gasteiger partial charge in [0.2, 0.25) is 0 Å². The zero-order chi connectivity index (χ0) is 9.68. The van der Waals surface area contributed by atoms with E-state index in [2.05, 4.69) is 75.0 Å². The number of hydrogen-bond donors (Lipinski definition) is 1. The van der Waals surface area contributed by atoms with Crippen molar-refractivity contribution in [1.29, 1.82) is 0 Å². The molecule has 0 amide bonds. The van der Waals surface area contributed by atoms with Crippen LogP contribution >= 0.6 is 38.5 Å². The van der Waals surface area contributed by atoms with Crippen LogP contribution in [0.15, 0.2) is 24.3 Å². The van der Waals surface area contributed by atoms with Crippen LogP contribution in [-0.2, 0) is 6.54 Å². The first kappa shape index (κ1) is 11.5. The fourth-order valence-corrected chi connectivity index (χ4v) is 1.54. The monoisotopic (exact) mass is 353 g/mol. The van der Waals surface area contributed by atoms with E-state index in [0.29, 0.717) is 6.04 Å². The molecule has 0 radical (unpaired) electrons. The summed E-state index contributed by atoms with van der Waals surface area (Å²) in [4.78, 5) is 0. The van der Waals surface area contributed by atoms with Gasteiger partial charge in [-0.2, -0.15) is 0 Å². The van der Waals surface area contributed by atoms with E-state index >= 15 is 0 Å². The van der Waals surface area contributed by atoms with Crippen LogP contribution in [0.5, 0.6) is 0 Å². The molecule has 1 aromatic carbocycles. The summed E-state index contributed by atoms with van der Waals surface area (Å²) in [5, 5.41) is 4.42. The summed E-state index contributed by atoms with van der Waals surface area (Å²) in [5.74, 6) is 0. The van der Waals surface area contributed by atoms with Gasteiger partial charge in [0, 0.05) is 21.5 Å². The fourth-order valence-electron chi connectivity index (χ4n) is 0.949. The molecule has 0 aromatic heterocycles. The van der Waals surface area contributed by atoms with Crippen molar-refractivity contribution in [1.82, 2.24) is 5.32 Å². The third-order valence-electron chi connectivity index (χ3n) is 1.80. The van der Waals surface area contributed by atoms with E-state index in [-0.39, 0.29) is 0 Å². The van der Waals surface area contributed by atoms with Crippen molar-refractivity contribution in [3.05, 3.63) is 33.4 Å². The Kier molecular flexibility index (Phi) is 5.28. The lowest BCUT2D eigenvalue weighted by molar-refractivity contribution is 0.598. The molecular formula is C10H13BrIN. The molecule has 1 aromatic rings. The maximum Gasteiger partial charge on any atom is 0.0208 e. The van der Waals surface area contributed by atoms with Crippen molar-refractivity contribution >= 4 is 38.5 Å². The molecule has 1 nitrogen and oxygen atoms in total. The molecule has 1 unspecified atom stereocenters. The SMILES string of the molecule is CC(CBr)NCc1ccc(I)cc1. The maximum absolute atomic E-state index is 3.44. The minimum Gasteiger partial charge on any atom is -0.309 e. The Bertz CT molecular complexity index is 248. The van der Waals surface area contributed by atoms with Gasteiger partial charge in [0.1, 0.15) is 0 Å². The Morgan fingerprint density at radius 1 is 1.38 bits per heavy atom. The highest BCUT2D eigenvalue weighted by molar-refractivity contribution is 14.1. The van der Waals surface area contributed by atoms with Gasteiger partial charge in [-0.3, -0.25) is 0 Å². The lowest BCUT2D eigenvalue weighted by atomic mass is 10.2. The van der Waals surface area contributed by atoms with Crippen molar-refractivity contribution in [2.45, 2.75) is 19.5 Å². The first-order valence-corrected chi connectivity index (χ1v) is 6.46. The number of rotatable bonds is 4. The van der Waals surface area contributed by atoms with Crippen LogP contribution in [0.3, 0.4) is 0 Å². The molecule has 1 atom stereocenters. The number of alkyl halides is 1. The van der Waals surface area contributed by atoms with Crippen LogP contribution in [-0.4, -0.2) is 11.4 Å². The second-order valence-corrected chi connectivity index (χ2v) is 4.96. The number of halogens is 2. The molecule has 0 saturated heterocycles. The Morgan fingerprint density at radius 2 is 2.00 bits per heavy atom. The molecule has 0 heterocycles. The molecular weight excluding hydrogens is 341 g/mol. The van der Waals surface area contributed by atoms with E-state index in [1.807, 2.05) is 0 Å². The smallest absolute Gasteiger partial charge is 0.0208 e. The highest BCUT2D eigenvalue weighted by Gasteiger charge is 1.98. The standard InChI is InChI=1S/C10H13BrIN/c1-8(6-11)13-7-9-2-4-10(12)5-3-9/h2-5,8,13H,6-7H2,1H3. The summed E-state index contributed by atoms with van der Waals surface area (Å²) in [5.41, 5.74) is 1.34. The third-order valence-corrected chi connectivity index (χ3v) is 3.49. The first-order valence-electron chi connectivity index (χ1n) is 4.26.